The molecular weight excluding hydrogens is 294 g/mol. The first-order valence-electron chi connectivity index (χ1n) is 8.98. The quantitative estimate of drug-likeness (QED) is 0.767. The maximum Gasteiger partial charge on any atom is 0.320 e. The van der Waals surface area contributed by atoms with Crippen molar-refractivity contribution in [3.05, 3.63) is 0 Å². The summed E-state index contributed by atoms with van der Waals surface area (Å²) in [5.74, 6) is 0.0764. The van der Waals surface area contributed by atoms with E-state index in [2.05, 4.69) is 17.1 Å². The summed E-state index contributed by atoms with van der Waals surface area (Å²) in [4.78, 5) is 27.6. The van der Waals surface area contributed by atoms with Crippen molar-refractivity contribution < 1.29 is 14.7 Å². The van der Waals surface area contributed by atoms with E-state index in [1.807, 2.05) is 11.8 Å². The van der Waals surface area contributed by atoms with Crippen LogP contribution in [0.1, 0.15) is 46.0 Å². The van der Waals surface area contributed by atoms with Crippen LogP contribution in [0, 0.1) is 5.92 Å². The Labute approximate surface area is 139 Å². The fourth-order valence-electron chi connectivity index (χ4n) is 3.86. The van der Waals surface area contributed by atoms with E-state index >= 15 is 0 Å². The molecule has 2 rings (SSSR count). The average molecular weight is 325 g/mol. The van der Waals surface area contributed by atoms with Crippen molar-refractivity contribution in [3.63, 3.8) is 0 Å². The summed E-state index contributed by atoms with van der Waals surface area (Å²) in [7, 11) is 0. The molecular formula is C17H31N3O3. The molecule has 1 aliphatic carbocycles. The highest BCUT2D eigenvalue weighted by Crippen LogP contribution is 2.23. The lowest BCUT2D eigenvalue weighted by Crippen LogP contribution is -2.54. The van der Waals surface area contributed by atoms with Crippen LogP contribution in [-0.2, 0) is 9.59 Å². The second-order valence-electron chi connectivity index (χ2n) is 7.11. The normalized spacial score (nSPS) is 28.3. The van der Waals surface area contributed by atoms with Crippen molar-refractivity contribution >= 4 is 11.9 Å². The summed E-state index contributed by atoms with van der Waals surface area (Å²) >= 11 is 0. The summed E-state index contributed by atoms with van der Waals surface area (Å²) in [6, 6.07) is -0.0567. The van der Waals surface area contributed by atoms with E-state index in [9.17, 15) is 14.7 Å². The van der Waals surface area contributed by atoms with E-state index in [-0.39, 0.29) is 5.91 Å². The molecule has 1 heterocycles. The van der Waals surface area contributed by atoms with Crippen molar-refractivity contribution in [2.45, 2.75) is 58.0 Å². The van der Waals surface area contributed by atoms with E-state index in [0.29, 0.717) is 24.9 Å². The van der Waals surface area contributed by atoms with Gasteiger partial charge in [-0.25, -0.2) is 0 Å². The summed E-state index contributed by atoms with van der Waals surface area (Å²) < 4.78 is 0. The third-order valence-electron chi connectivity index (χ3n) is 5.19. The van der Waals surface area contributed by atoms with Gasteiger partial charge in [-0.15, -0.1) is 0 Å². The number of carbonyl (C=O) groups is 2. The minimum absolute atomic E-state index is 0.114. The number of aliphatic carboxylic acids is 1. The fraction of sp³-hybridized carbons (Fsp3) is 0.882. The Morgan fingerprint density at radius 3 is 2.48 bits per heavy atom. The SMILES string of the molecule is CCC(C(=O)O)N1CCN(CC(=O)NC2CCCC(C)C2)CC1. The highest BCUT2D eigenvalue weighted by molar-refractivity contribution is 5.78. The van der Waals surface area contributed by atoms with Crippen LogP contribution in [0.3, 0.4) is 0 Å². The smallest absolute Gasteiger partial charge is 0.320 e. The fourth-order valence-corrected chi connectivity index (χ4v) is 3.86. The molecule has 0 bridgehead atoms. The molecule has 132 valence electrons. The van der Waals surface area contributed by atoms with Crippen LogP contribution >= 0.6 is 0 Å². The molecule has 0 aromatic rings. The van der Waals surface area contributed by atoms with Crippen molar-refractivity contribution in [3.8, 4) is 0 Å². The van der Waals surface area contributed by atoms with Crippen molar-refractivity contribution in [1.29, 1.82) is 0 Å². The van der Waals surface area contributed by atoms with E-state index in [1.54, 1.807) is 0 Å². The number of carbonyl (C=O) groups excluding carboxylic acids is 1. The third-order valence-corrected chi connectivity index (χ3v) is 5.19. The second kappa shape index (κ2) is 8.64. The van der Waals surface area contributed by atoms with Gasteiger partial charge in [-0.3, -0.25) is 19.4 Å². The van der Waals surface area contributed by atoms with Crippen LogP contribution < -0.4 is 5.32 Å². The van der Waals surface area contributed by atoms with Crippen LogP contribution in [0.5, 0.6) is 0 Å². The van der Waals surface area contributed by atoms with Gasteiger partial charge >= 0.3 is 5.97 Å². The molecule has 6 nitrogen and oxygen atoms in total. The maximum absolute atomic E-state index is 12.2. The van der Waals surface area contributed by atoms with Gasteiger partial charge in [0.05, 0.1) is 6.54 Å². The number of hydrogen-bond acceptors (Lipinski definition) is 4. The van der Waals surface area contributed by atoms with Gasteiger partial charge in [0, 0.05) is 32.2 Å². The zero-order valence-corrected chi connectivity index (χ0v) is 14.5. The van der Waals surface area contributed by atoms with Gasteiger partial charge in [0.25, 0.3) is 0 Å². The Morgan fingerprint density at radius 1 is 1.22 bits per heavy atom. The Kier molecular flexibility index (Phi) is 6.84. The first-order valence-corrected chi connectivity index (χ1v) is 8.98. The zero-order valence-electron chi connectivity index (χ0n) is 14.5. The van der Waals surface area contributed by atoms with Crippen molar-refractivity contribution in [2.24, 2.45) is 5.92 Å². The Bertz CT molecular complexity index is 408. The molecule has 0 spiro atoms. The Balaban J connectivity index is 1.71. The van der Waals surface area contributed by atoms with Crippen LogP contribution in [0.15, 0.2) is 0 Å². The molecule has 0 aromatic heterocycles. The van der Waals surface area contributed by atoms with Crippen molar-refractivity contribution in [1.82, 2.24) is 15.1 Å². The molecule has 23 heavy (non-hydrogen) atoms. The highest BCUT2D eigenvalue weighted by Gasteiger charge is 2.28. The lowest BCUT2D eigenvalue weighted by molar-refractivity contribution is -0.144. The van der Waals surface area contributed by atoms with E-state index in [1.165, 1.54) is 12.8 Å². The number of nitrogens with zero attached hydrogens (tertiary/aromatic N) is 2. The van der Waals surface area contributed by atoms with Gasteiger partial charge in [-0.1, -0.05) is 26.7 Å². The summed E-state index contributed by atoms with van der Waals surface area (Å²) in [6.45, 7) is 7.56. The molecule has 1 amide bonds. The Hall–Kier alpha value is -1.14. The topological polar surface area (TPSA) is 72.9 Å². The number of piperazine rings is 1. The molecule has 1 saturated heterocycles. The average Bonchev–Trinajstić information content (AvgIpc) is 2.49. The number of carboxylic acids is 1. The largest absolute Gasteiger partial charge is 0.480 e. The molecule has 3 unspecified atom stereocenters. The van der Waals surface area contributed by atoms with Gasteiger partial charge in [0.2, 0.25) is 5.91 Å². The minimum Gasteiger partial charge on any atom is -0.480 e. The molecule has 2 N–H and O–H groups in total. The maximum atomic E-state index is 12.2. The molecule has 3 atom stereocenters. The van der Waals surface area contributed by atoms with Gasteiger partial charge in [0.1, 0.15) is 6.04 Å². The third kappa shape index (κ3) is 5.46. The molecule has 2 fully saturated rings. The van der Waals surface area contributed by atoms with E-state index < -0.39 is 12.0 Å². The zero-order chi connectivity index (χ0) is 16.8. The molecule has 0 aromatic carbocycles. The standard InChI is InChI=1S/C17H31N3O3/c1-3-15(17(22)23)20-9-7-19(8-10-20)12-16(21)18-14-6-4-5-13(2)11-14/h13-15H,3-12H2,1-2H3,(H,18,21)(H,22,23). The number of hydrogen-bond donors (Lipinski definition) is 2. The van der Waals surface area contributed by atoms with E-state index in [4.69, 9.17) is 0 Å². The minimum atomic E-state index is -0.745. The van der Waals surface area contributed by atoms with Gasteiger partial charge in [0.15, 0.2) is 0 Å². The summed E-state index contributed by atoms with van der Waals surface area (Å²) in [5, 5.41) is 12.4. The van der Waals surface area contributed by atoms with Crippen LogP contribution in [-0.4, -0.2) is 71.6 Å². The molecule has 1 aliphatic heterocycles. The first-order chi connectivity index (χ1) is 11.0. The predicted molar refractivity (Wildman–Crippen MR) is 89.3 cm³/mol. The number of rotatable bonds is 6. The lowest BCUT2D eigenvalue weighted by Gasteiger charge is -2.37. The monoisotopic (exact) mass is 325 g/mol. The molecule has 1 saturated carbocycles. The number of nitrogens with one attached hydrogen (secondary N) is 1. The molecule has 0 radical (unpaired) electrons. The van der Waals surface area contributed by atoms with Gasteiger partial charge < -0.3 is 10.4 Å². The van der Waals surface area contributed by atoms with Crippen molar-refractivity contribution in [2.75, 3.05) is 32.7 Å². The first kappa shape index (κ1) is 18.2. The number of amides is 1. The Morgan fingerprint density at radius 2 is 1.91 bits per heavy atom. The van der Waals surface area contributed by atoms with Crippen LogP contribution in [0.25, 0.3) is 0 Å². The van der Waals surface area contributed by atoms with Gasteiger partial charge in [-0.05, 0) is 25.2 Å². The lowest BCUT2D eigenvalue weighted by atomic mass is 9.87. The number of carboxylic acid groups (broad SMARTS) is 1. The van der Waals surface area contributed by atoms with Crippen LogP contribution in [0.4, 0.5) is 0 Å². The molecule has 6 heteroatoms. The summed E-state index contributed by atoms with van der Waals surface area (Å²) in [5.41, 5.74) is 0. The molecule has 2 aliphatic rings. The second-order valence-corrected chi connectivity index (χ2v) is 7.11. The van der Waals surface area contributed by atoms with E-state index in [0.717, 1.165) is 39.0 Å². The predicted octanol–water partition coefficient (Wildman–Crippen LogP) is 1.16. The highest BCUT2D eigenvalue weighted by atomic mass is 16.4. The van der Waals surface area contributed by atoms with Gasteiger partial charge in [-0.2, -0.15) is 0 Å². The summed E-state index contributed by atoms with van der Waals surface area (Å²) in [6.07, 6.45) is 5.29. The van der Waals surface area contributed by atoms with Crippen LogP contribution in [0.2, 0.25) is 0 Å².